The smallest absolute Gasteiger partial charge is 0.124 e. The van der Waals surface area contributed by atoms with Crippen LogP contribution in [0.4, 0.5) is 0 Å². The fourth-order valence-electron chi connectivity index (χ4n) is 4.16. The van der Waals surface area contributed by atoms with Gasteiger partial charge in [0, 0.05) is 24.7 Å². The van der Waals surface area contributed by atoms with Crippen LogP contribution >= 0.6 is 0 Å². The molecule has 0 N–H and O–H groups in total. The van der Waals surface area contributed by atoms with E-state index in [0.29, 0.717) is 6.04 Å². The number of ether oxygens (including phenoxy) is 1. The molecular formula is C20H32N2O. The Morgan fingerprint density at radius 1 is 1.09 bits per heavy atom. The van der Waals surface area contributed by atoms with Crippen molar-refractivity contribution < 1.29 is 4.74 Å². The number of hydrogen-bond donors (Lipinski definition) is 0. The van der Waals surface area contributed by atoms with E-state index in [1.807, 2.05) is 0 Å². The highest BCUT2D eigenvalue weighted by Crippen LogP contribution is 2.35. The van der Waals surface area contributed by atoms with E-state index in [9.17, 15) is 0 Å². The zero-order valence-electron chi connectivity index (χ0n) is 15.1. The Kier molecular flexibility index (Phi) is 5.60. The average Bonchev–Trinajstić information content (AvgIpc) is 2.57. The molecule has 1 aromatic rings. The van der Waals surface area contributed by atoms with Crippen LogP contribution in [0, 0.1) is 0 Å². The summed E-state index contributed by atoms with van der Waals surface area (Å²) in [5.41, 5.74) is 4.41. The summed E-state index contributed by atoms with van der Waals surface area (Å²) in [6, 6.07) is 5.29. The van der Waals surface area contributed by atoms with Gasteiger partial charge in [-0.3, -0.25) is 9.80 Å². The second kappa shape index (κ2) is 7.67. The molecular weight excluding hydrogens is 284 g/mol. The largest absolute Gasteiger partial charge is 0.494 e. The Morgan fingerprint density at radius 2 is 1.87 bits per heavy atom. The fraction of sp³-hybridized carbons (Fsp3) is 0.700. The number of piperidine rings is 1. The Hall–Kier alpha value is -1.06. The molecule has 2 heterocycles. The number of rotatable bonds is 5. The monoisotopic (exact) mass is 316 g/mol. The van der Waals surface area contributed by atoms with E-state index in [1.165, 1.54) is 62.0 Å². The molecule has 0 saturated carbocycles. The van der Waals surface area contributed by atoms with E-state index in [2.05, 4.69) is 42.7 Å². The molecule has 2 aliphatic heterocycles. The van der Waals surface area contributed by atoms with Gasteiger partial charge >= 0.3 is 0 Å². The molecule has 0 aromatic heterocycles. The third kappa shape index (κ3) is 3.72. The summed E-state index contributed by atoms with van der Waals surface area (Å²) in [6.45, 7) is 13.3. The van der Waals surface area contributed by atoms with E-state index in [1.54, 1.807) is 0 Å². The Morgan fingerprint density at radius 3 is 2.57 bits per heavy atom. The molecule has 0 spiro atoms. The maximum atomic E-state index is 6.02. The minimum Gasteiger partial charge on any atom is -0.494 e. The zero-order chi connectivity index (χ0) is 16.2. The van der Waals surface area contributed by atoms with Gasteiger partial charge in [-0.2, -0.15) is 0 Å². The van der Waals surface area contributed by atoms with Crippen LogP contribution < -0.4 is 4.74 Å². The van der Waals surface area contributed by atoms with Crippen LogP contribution in [0.3, 0.4) is 0 Å². The van der Waals surface area contributed by atoms with Crippen LogP contribution in [0.15, 0.2) is 12.1 Å². The first kappa shape index (κ1) is 16.8. The van der Waals surface area contributed by atoms with Gasteiger partial charge in [-0.1, -0.05) is 19.4 Å². The van der Waals surface area contributed by atoms with Gasteiger partial charge in [-0.05, 0) is 69.9 Å². The van der Waals surface area contributed by atoms with Crippen molar-refractivity contribution in [1.82, 2.24) is 9.80 Å². The second-order valence-electron chi connectivity index (χ2n) is 6.98. The van der Waals surface area contributed by atoms with Gasteiger partial charge in [0.25, 0.3) is 0 Å². The Balaban J connectivity index is 1.87. The molecule has 1 saturated heterocycles. The van der Waals surface area contributed by atoms with Gasteiger partial charge in [0.1, 0.15) is 5.75 Å². The molecule has 0 radical (unpaired) electrons. The molecule has 23 heavy (non-hydrogen) atoms. The maximum absolute atomic E-state index is 6.02. The molecule has 128 valence electrons. The van der Waals surface area contributed by atoms with Crippen molar-refractivity contribution in [2.75, 3.05) is 32.8 Å². The third-order valence-corrected chi connectivity index (χ3v) is 5.54. The van der Waals surface area contributed by atoms with Crippen LogP contribution in [0.1, 0.15) is 62.8 Å². The lowest BCUT2D eigenvalue weighted by Gasteiger charge is -2.35. The molecule has 3 nitrogen and oxygen atoms in total. The molecule has 1 fully saturated rings. The number of benzene rings is 1. The van der Waals surface area contributed by atoms with E-state index < -0.39 is 0 Å². The molecule has 2 aliphatic rings. The van der Waals surface area contributed by atoms with Crippen molar-refractivity contribution in [3.63, 3.8) is 0 Å². The predicted molar refractivity (Wildman–Crippen MR) is 96.1 cm³/mol. The van der Waals surface area contributed by atoms with Crippen molar-refractivity contribution in [3.8, 4) is 5.75 Å². The van der Waals surface area contributed by atoms with E-state index in [0.717, 1.165) is 25.4 Å². The highest BCUT2D eigenvalue weighted by atomic mass is 16.5. The minimum atomic E-state index is 0.506. The molecule has 1 atom stereocenters. The standard InChI is InChI=1S/C20H32N2O/c1-4-22-12-9-17-13-18(15-21-10-7-6-8-11-21)20(23-5-2)14-19(17)16(22)3/h13-14,16H,4-12,15H2,1-3H3. The van der Waals surface area contributed by atoms with E-state index in [4.69, 9.17) is 4.74 Å². The lowest BCUT2D eigenvalue weighted by molar-refractivity contribution is 0.206. The number of fused-ring (bicyclic) bond motifs is 1. The van der Waals surface area contributed by atoms with Crippen LogP contribution in [-0.4, -0.2) is 42.6 Å². The van der Waals surface area contributed by atoms with E-state index >= 15 is 0 Å². The maximum Gasteiger partial charge on any atom is 0.124 e. The summed E-state index contributed by atoms with van der Waals surface area (Å²) < 4.78 is 6.02. The lowest BCUT2D eigenvalue weighted by atomic mass is 9.91. The van der Waals surface area contributed by atoms with Crippen LogP contribution in [0.2, 0.25) is 0 Å². The highest BCUT2D eigenvalue weighted by Gasteiger charge is 2.25. The fourth-order valence-corrected chi connectivity index (χ4v) is 4.16. The molecule has 3 heteroatoms. The molecule has 0 aliphatic carbocycles. The number of likely N-dealkylation sites (tertiary alicyclic amines) is 1. The topological polar surface area (TPSA) is 15.7 Å². The van der Waals surface area contributed by atoms with E-state index in [-0.39, 0.29) is 0 Å². The van der Waals surface area contributed by atoms with Crippen LogP contribution in [-0.2, 0) is 13.0 Å². The number of nitrogens with zero attached hydrogens (tertiary/aromatic N) is 2. The normalized spacial score (nSPS) is 22.8. The summed E-state index contributed by atoms with van der Waals surface area (Å²) in [7, 11) is 0. The molecule has 1 unspecified atom stereocenters. The second-order valence-corrected chi connectivity index (χ2v) is 6.98. The Bertz CT molecular complexity index is 523. The average molecular weight is 316 g/mol. The summed E-state index contributed by atoms with van der Waals surface area (Å²) in [6.07, 6.45) is 5.26. The molecule has 0 amide bonds. The van der Waals surface area contributed by atoms with Gasteiger partial charge in [0.15, 0.2) is 0 Å². The lowest BCUT2D eigenvalue weighted by Crippen LogP contribution is -2.34. The van der Waals surface area contributed by atoms with Crippen molar-refractivity contribution in [1.29, 1.82) is 0 Å². The summed E-state index contributed by atoms with van der Waals surface area (Å²) >= 11 is 0. The van der Waals surface area contributed by atoms with Crippen LogP contribution in [0.5, 0.6) is 5.75 Å². The number of likely N-dealkylation sites (N-methyl/N-ethyl adjacent to an activating group) is 1. The highest BCUT2D eigenvalue weighted by molar-refractivity contribution is 5.45. The van der Waals surface area contributed by atoms with Gasteiger partial charge in [-0.25, -0.2) is 0 Å². The van der Waals surface area contributed by atoms with Gasteiger partial charge in [0.05, 0.1) is 6.61 Å². The first-order valence-corrected chi connectivity index (χ1v) is 9.47. The van der Waals surface area contributed by atoms with Crippen molar-refractivity contribution in [2.24, 2.45) is 0 Å². The van der Waals surface area contributed by atoms with Crippen molar-refractivity contribution >= 4 is 0 Å². The molecule has 0 bridgehead atoms. The van der Waals surface area contributed by atoms with Gasteiger partial charge < -0.3 is 4.74 Å². The number of hydrogen-bond acceptors (Lipinski definition) is 3. The summed E-state index contributed by atoms with van der Waals surface area (Å²) in [5.74, 6) is 1.11. The zero-order valence-corrected chi connectivity index (χ0v) is 15.1. The minimum absolute atomic E-state index is 0.506. The third-order valence-electron chi connectivity index (χ3n) is 5.54. The predicted octanol–water partition coefficient (Wildman–Crippen LogP) is 4.01. The van der Waals surface area contributed by atoms with Gasteiger partial charge in [0.2, 0.25) is 0 Å². The molecule has 1 aromatic carbocycles. The molecule has 3 rings (SSSR count). The Labute approximate surface area is 141 Å². The first-order chi connectivity index (χ1) is 11.2. The van der Waals surface area contributed by atoms with Crippen LogP contribution in [0.25, 0.3) is 0 Å². The van der Waals surface area contributed by atoms with Crippen molar-refractivity contribution in [2.45, 2.75) is 59.0 Å². The summed E-state index contributed by atoms with van der Waals surface area (Å²) in [4.78, 5) is 5.15. The quantitative estimate of drug-likeness (QED) is 0.816. The SMILES string of the molecule is CCOc1cc2c(cc1CN1CCCCC1)CCN(CC)C2C. The van der Waals surface area contributed by atoms with Crippen molar-refractivity contribution in [3.05, 3.63) is 28.8 Å². The summed E-state index contributed by atoms with van der Waals surface area (Å²) in [5, 5.41) is 0. The van der Waals surface area contributed by atoms with Gasteiger partial charge in [-0.15, -0.1) is 0 Å². The first-order valence-electron chi connectivity index (χ1n) is 9.47.